The van der Waals surface area contributed by atoms with Crippen molar-refractivity contribution in [3.8, 4) is 0 Å². The van der Waals surface area contributed by atoms with Crippen LogP contribution >= 0.6 is 0 Å². The molecule has 2 unspecified atom stereocenters. The van der Waals surface area contributed by atoms with Crippen LogP contribution in [0.25, 0.3) is 0 Å². The van der Waals surface area contributed by atoms with E-state index in [0.717, 1.165) is 24.7 Å². The zero-order valence-corrected chi connectivity index (χ0v) is 12.9. The molecule has 1 N–H and O–H groups in total. The zero-order valence-electron chi connectivity index (χ0n) is 12.9. The van der Waals surface area contributed by atoms with Crippen molar-refractivity contribution in [2.45, 2.75) is 45.2 Å². The van der Waals surface area contributed by atoms with Crippen LogP contribution in [0.1, 0.15) is 44.7 Å². The fraction of sp³-hybridized carbons (Fsp3) is 0.647. The highest BCUT2D eigenvalue weighted by molar-refractivity contribution is 5.21. The SMILES string of the molecule is CCCN(CC(C)C(NC)c1ccccc1F)C1CC1. The summed E-state index contributed by atoms with van der Waals surface area (Å²) in [5, 5.41) is 3.30. The maximum Gasteiger partial charge on any atom is 0.127 e. The molecule has 0 amide bonds. The Hall–Kier alpha value is -0.930. The Morgan fingerprint density at radius 2 is 2.05 bits per heavy atom. The molecule has 0 aromatic heterocycles. The van der Waals surface area contributed by atoms with Crippen LogP contribution in [-0.4, -0.2) is 31.1 Å². The summed E-state index contributed by atoms with van der Waals surface area (Å²) in [5.41, 5.74) is 0.787. The lowest BCUT2D eigenvalue weighted by Crippen LogP contribution is -2.36. The van der Waals surface area contributed by atoms with Crippen LogP contribution in [0.5, 0.6) is 0 Å². The van der Waals surface area contributed by atoms with Gasteiger partial charge in [0.05, 0.1) is 0 Å². The summed E-state index contributed by atoms with van der Waals surface area (Å²) in [6.45, 7) is 6.65. The van der Waals surface area contributed by atoms with Gasteiger partial charge in [0, 0.05) is 24.2 Å². The molecular formula is C17H27FN2. The largest absolute Gasteiger partial charge is 0.313 e. The average Bonchev–Trinajstić information content (AvgIpc) is 3.26. The van der Waals surface area contributed by atoms with Gasteiger partial charge < -0.3 is 10.2 Å². The van der Waals surface area contributed by atoms with Crippen molar-refractivity contribution in [2.75, 3.05) is 20.1 Å². The highest BCUT2D eigenvalue weighted by atomic mass is 19.1. The van der Waals surface area contributed by atoms with Crippen molar-refractivity contribution in [3.05, 3.63) is 35.6 Å². The van der Waals surface area contributed by atoms with Gasteiger partial charge in [-0.05, 0) is 44.8 Å². The van der Waals surface area contributed by atoms with E-state index in [2.05, 4.69) is 24.1 Å². The molecule has 0 spiro atoms. The van der Waals surface area contributed by atoms with E-state index in [0.29, 0.717) is 5.92 Å². The maximum absolute atomic E-state index is 14.0. The molecular weight excluding hydrogens is 251 g/mol. The first kappa shape index (κ1) is 15.5. The summed E-state index contributed by atoms with van der Waals surface area (Å²) in [7, 11) is 1.93. The topological polar surface area (TPSA) is 15.3 Å². The van der Waals surface area contributed by atoms with Gasteiger partial charge in [0.2, 0.25) is 0 Å². The molecule has 3 heteroatoms. The number of benzene rings is 1. The van der Waals surface area contributed by atoms with E-state index in [1.807, 2.05) is 19.2 Å². The van der Waals surface area contributed by atoms with Gasteiger partial charge >= 0.3 is 0 Å². The van der Waals surface area contributed by atoms with Crippen LogP contribution in [-0.2, 0) is 0 Å². The third kappa shape index (κ3) is 3.80. The van der Waals surface area contributed by atoms with E-state index in [1.54, 1.807) is 12.1 Å². The molecule has 0 aliphatic heterocycles. The van der Waals surface area contributed by atoms with E-state index in [9.17, 15) is 4.39 Å². The molecule has 1 saturated carbocycles. The molecule has 0 bridgehead atoms. The molecule has 1 aromatic rings. The molecule has 0 saturated heterocycles. The van der Waals surface area contributed by atoms with E-state index in [-0.39, 0.29) is 11.9 Å². The van der Waals surface area contributed by atoms with Crippen LogP contribution in [0.2, 0.25) is 0 Å². The third-order valence-corrected chi connectivity index (χ3v) is 4.22. The third-order valence-electron chi connectivity index (χ3n) is 4.22. The van der Waals surface area contributed by atoms with Gasteiger partial charge in [-0.25, -0.2) is 4.39 Å². The fourth-order valence-corrected chi connectivity index (χ4v) is 3.10. The highest BCUT2D eigenvalue weighted by Crippen LogP contribution is 2.31. The van der Waals surface area contributed by atoms with Crippen LogP contribution in [0.4, 0.5) is 4.39 Å². The van der Waals surface area contributed by atoms with Crippen LogP contribution in [0, 0.1) is 11.7 Å². The minimum atomic E-state index is -0.104. The molecule has 2 rings (SSSR count). The van der Waals surface area contributed by atoms with Gasteiger partial charge in [0.25, 0.3) is 0 Å². The second-order valence-electron chi connectivity index (χ2n) is 5.99. The first-order valence-electron chi connectivity index (χ1n) is 7.83. The number of rotatable bonds is 8. The molecule has 20 heavy (non-hydrogen) atoms. The molecule has 2 nitrogen and oxygen atoms in total. The van der Waals surface area contributed by atoms with Crippen LogP contribution < -0.4 is 5.32 Å². The summed E-state index contributed by atoms with van der Waals surface area (Å²) >= 11 is 0. The lowest BCUT2D eigenvalue weighted by molar-refractivity contribution is 0.204. The van der Waals surface area contributed by atoms with Crippen LogP contribution in [0.3, 0.4) is 0 Å². The first-order valence-corrected chi connectivity index (χ1v) is 7.83. The van der Waals surface area contributed by atoms with E-state index in [4.69, 9.17) is 0 Å². The van der Waals surface area contributed by atoms with Crippen molar-refractivity contribution in [1.29, 1.82) is 0 Å². The van der Waals surface area contributed by atoms with E-state index < -0.39 is 0 Å². The molecule has 2 atom stereocenters. The Morgan fingerprint density at radius 3 is 2.60 bits per heavy atom. The zero-order chi connectivity index (χ0) is 14.5. The van der Waals surface area contributed by atoms with Crippen molar-refractivity contribution in [3.63, 3.8) is 0 Å². The second kappa shape index (κ2) is 7.19. The minimum Gasteiger partial charge on any atom is -0.313 e. The van der Waals surface area contributed by atoms with Crippen LogP contribution in [0.15, 0.2) is 24.3 Å². The van der Waals surface area contributed by atoms with Gasteiger partial charge in [-0.15, -0.1) is 0 Å². The van der Waals surface area contributed by atoms with Gasteiger partial charge in [0.1, 0.15) is 5.82 Å². The normalized spacial score (nSPS) is 18.2. The van der Waals surface area contributed by atoms with Gasteiger partial charge in [-0.3, -0.25) is 0 Å². The van der Waals surface area contributed by atoms with E-state index in [1.165, 1.54) is 19.3 Å². The number of hydrogen-bond acceptors (Lipinski definition) is 2. The molecule has 0 heterocycles. The van der Waals surface area contributed by atoms with Crippen molar-refractivity contribution in [1.82, 2.24) is 10.2 Å². The van der Waals surface area contributed by atoms with Gasteiger partial charge in [-0.2, -0.15) is 0 Å². The van der Waals surface area contributed by atoms with Crippen molar-refractivity contribution in [2.24, 2.45) is 5.92 Å². The van der Waals surface area contributed by atoms with Gasteiger partial charge in [0.15, 0.2) is 0 Å². The molecule has 1 aromatic carbocycles. The number of nitrogens with zero attached hydrogens (tertiary/aromatic N) is 1. The molecule has 0 radical (unpaired) electrons. The highest BCUT2D eigenvalue weighted by Gasteiger charge is 2.31. The maximum atomic E-state index is 14.0. The number of halogens is 1. The summed E-state index contributed by atoms with van der Waals surface area (Å²) < 4.78 is 14.0. The molecule has 1 fully saturated rings. The Balaban J connectivity index is 2.04. The fourth-order valence-electron chi connectivity index (χ4n) is 3.10. The Bertz CT molecular complexity index is 417. The standard InChI is InChI=1S/C17H27FN2/c1-4-11-20(14-9-10-14)12-13(2)17(19-3)15-7-5-6-8-16(15)18/h5-8,13-14,17,19H,4,9-12H2,1-3H3. The molecule has 112 valence electrons. The smallest absolute Gasteiger partial charge is 0.127 e. The first-order chi connectivity index (χ1) is 9.67. The summed E-state index contributed by atoms with van der Waals surface area (Å²) in [5.74, 6) is 0.288. The average molecular weight is 278 g/mol. The van der Waals surface area contributed by atoms with Crippen molar-refractivity contribution >= 4 is 0 Å². The summed E-state index contributed by atoms with van der Waals surface area (Å²) in [6.07, 6.45) is 3.85. The Morgan fingerprint density at radius 1 is 1.35 bits per heavy atom. The number of nitrogens with one attached hydrogen (secondary N) is 1. The monoisotopic (exact) mass is 278 g/mol. The quantitative estimate of drug-likeness (QED) is 0.781. The minimum absolute atomic E-state index is 0.0781. The van der Waals surface area contributed by atoms with E-state index >= 15 is 0 Å². The Kier molecular flexibility index (Phi) is 5.55. The summed E-state index contributed by atoms with van der Waals surface area (Å²) in [4.78, 5) is 2.58. The second-order valence-corrected chi connectivity index (χ2v) is 5.99. The molecule has 1 aliphatic carbocycles. The lowest BCUT2D eigenvalue weighted by atomic mass is 9.93. The van der Waals surface area contributed by atoms with Crippen molar-refractivity contribution < 1.29 is 4.39 Å². The molecule has 1 aliphatic rings. The number of hydrogen-bond donors (Lipinski definition) is 1. The summed E-state index contributed by atoms with van der Waals surface area (Å²) in [6, 6.07) is 7.97. The Labute approximate surface area is 122 Å². The van der Waals surface area contributed by atoms with Gasteiger partial charge in [-0.1, -0.05) is 32.0 Å². The predicted octanol–water partition coefficient (Wildman–Crippen LogP) is 3.60. The lowest BCUT2D eigenvalue weighted by Gasteiger charge is -2.30. The predicted molar refractivity (Wildman–Crippen MR) is 82.3 cm³/mol.